The Morgan fingerprint density at radius 3 is 3.00 bits per heavy atom. The standard InChI is InChI=1S/C7H9N3S/c1-2-3-6-9-7(11)4-10(6)5-8/h2-5,8,11H,1H3/b3-2-,8-5?. The molecular weight excluding hydrogens is 158 g/mol. The molecule has 0 amide bonds. The van der Waals surface area contributed by atoms with E-state index in [2.05, 4.69) is 17.6 Å². The largest absolute Gasteiger partial charge is 0.291 e. The quantitative estimate of drug-likeness (QED) is 0.392. The molecule has 0 bridgehead atoms. The summed E-state index contributed by atoms with van der Waals surface area (Å²) in [5.41, 5.74) is 0. The summed E-state index contributed by atoms with van der Waals surface area (Å²) in [5.74, 6) is 0.729. The molecule has 0 spiro atoms. The predicted molar refractivity (Wildman–Crippen MR) is 48.4 cm³/mol. The summed E-state index contributed by atoms with van der Waals surface area (Å²) in [6, 6.07) is 0. The maximum atomic E-state index is 7.01. The summed E-state index contributed by atoms with van der Waals surface area (Å²) in [6.07, 6.45) is 6.58. The van der Waals surface area contributed by atoms with Gasteiger partial charge in [-0.3, -0.25) is 9.98 Å². The van der Waals surface area contributed by atoms with Crippen molar-refractivity contribution in [1.82, 2.24) is 9.55 Å². The van der Waals surface area contributed by atoms with Gasteiger partial charge in [0.2, 0.25) is 0 Å². The second kappa shape index (κ2) is 3.39. The maximum absolute atomic E-state index is 7.01. The van der Waals surface area contributed by atoms with E-state index in [-0.39, 0.29) is 0 Å². The van der Waals surface area contributed by atoms with Gasteiger partial charge >= 0.3 is 0 Å². The number of rotatable bonds is 2. The Balaban J connectivity index is 3.11. The number of nitrogens with zero attached hydrogens (tertiary/aromatic N) is 2. The van der Waals surface area contributed by atoms with Crippen LogP contribution in [0.3, 0.4) is 0 Å². The second-order valence-corrected chi connectivity index (χ2v) is 2.45. The summed E-state index contributed by atoms with van der Waals surface area (Å²) in [7, 11) is 0. The van der Waals surface area contributed by atoms with E-state index >= 15 is 0 Å². The molecular formula is C7H9N3S. The topological polar surface area (TPSA) is 41.7 Å². The van der Waals surface area contributed by atoms with Crippen molar-refractivity contribution in [3.63, 3.8) is 0 Å². The zero-order valence-corrected chi connectivity index (χ0v) is 7.05. The Bertz CT molecular complexity index is 288. The molecule has 0 aliphatic heterocycles. The molecule has 0 aliphatic carbocycles. The smallest absolute Gasteiger partial charge is 0.138 e. The second-order valence-electron chi connectivity index (χ2n) is 1.99. The number of aromatic nitrogens is 2. The van der Waals surface area contributed by atoms with E-state index in [1.54, 1.807) is 10.8 Å². The molecule has 3 nitrogen and oxygen atoms in total. The highest BCUT2D eigenvalue weighted by molar-refractivity contribution is 7.80. The number of hydrogen-bond acceptors (Lipinski definition) is 3. The van der Waals surface area contributed by atoms with Crippen molar-refractivity contribution in [1.29, 1.82) is 5.41 Å². The van der Waals surface area contributed by atoms with Crippen molar-refractivity contribution in [3.8, 4) is 0 Å². The molecule has 0 saturated carbocycles. The fourth-order valence-electron chi connectivity index (χ4n) is 0.770. The van der Waals surface area contributed by atoms with Crippen molar-refractivity contribution in [2.75, 3.05) is 0 Å². The lowest BCUT2D eigenvalue weighted by atomic mass is 10.5. The Morgan fingerprint density at radius 1 is 1.73 bits per heavy atom. The lowest BCUT2D eigenvalue weighted by molar-refractivity contribution is 1.11. The summed E-state index contributed by atoms with van der Waals surface area (Å²) in [6.45, 7) is 1.90. The zero-order valence-electron chi connectivity index (χ0n) is 6.15. The summed E-state index contributed by atoms with van der Waals surface area (Å²) < 4.78 is 1.60. The van der Waals surface area contributed by atoms with Crippen LogP contribution in [-0.4, -0.2) is 15.9 Å². The molecule has 1 heterocycles. The van der Waals surface area contributed by atoms with E-state index in [9.17, 15) is 0 Å². The fraction of sp³-hybridized carbons (Fsp3) is 0.143. The van der Waals surface area contributed by atoms with Crippen LogP contribution in [-0.2, 0) is 0 Å². The molecule has 0 atom stereocenters. The van der Waals surface area contributed by atoms with E-state index in [0.29, 0.717) is 5.03 Å². The van der Waals surface area contributed by atoms with Gasteiger partial charge < -0.3 is 0 Å². The minimum atomic E-state index is 0.626. The molecule has 0 aliphatic rings. The number of imidazole rings is 1. The van der Waals surface area contributed by atoms with Crippen LogP contribution in [0, 0.1) is 5.41 Å². The first-order valence-corrected chi connectivity index (χ1v) is 3.63. The maximum Gasteiger partial charge on any atom is 0.138 e. The predicted octanol–water partition coefficient (Wildman–Crippen LogP) is 1.66. The van der Waals surface area contributed by atoms with E-state index in [1.165, 1.54) is 6.34 Å². The molecule has 0 aromatic carbocycles. The summed E-state index contributed by atoms with van der Waals surface area (Å²) in [4.78, 5) is 4.06. The van der Waals surface area contributed by atoms with Crippen LogP contribution >= 0.6 is 12.6 Å². The Labute approximate surface area is 70.7 Å². The molecule has 0 radical (unpaired) electrons. The van der Waals surface area contributed by atoms with Gasteiger partial charge in [0.05, 0.1) is 6.34 Å². The van der Waals surface area contributed by atoms with E-state index < -0.39 is 0 Å². The minimum Gasteiger partial charge on any atom is -0.291 e. The van der Waals surface area contributed by atoms with E-state index in [4.69, 9.17) is 5.41 Å². The van der Waals surface area contributed by atoms with Gasteiger partial charge in [-0.15, -0.1) is 12.6 Å². The number of nitrogens with one attached hydrogen (secondary N) is 1. The van der Waals surface area contributed by atoms with Crippen molar-refractivity contribution < 1.29 is 0 Å². The lowest BCUT2D eigenvalue weighted by Gasteiger charge is -1.90. The normalized spacial score (nSPS) is 10.7. The number of thiol groups is 1. The highest BCUT2D eigenvalue weighted by atomic mass is 32.1. The van der Waals surface area contributed by atoms with Crippen LogP contribution < -0.4 is 0 Å². The average molecular weight is 167 g/mol. The van der Waals surface area contributed by atoms with Crippen molar-refractivity contribution in [2.24, 2.45) is 0 Å². The van der Waals surface area contributed by atoms with Gasteiger partial charge in [0.25, 0.3) is 0 Å². The highest BCUT2D eigenvalue weighted by Crippen LogP contribution is 2.06. The SMILES string of the molecule is C/C=C\c1nc(S)cn1C=N. The Hall–Kier alpha value is -1.03. The molecule has 4 heteroatoms. The molecule has 1 rings (SSSR count). The number of allylic oxidation sites excluding steroid dienone is 1. The molecule has 0 unspecified atom stereocenters. The van der Waals surface area contributed by atoms with Crippen LogP contribution in [0.25, 0.3) is 6.08 Å². The third-order valence-corrected chi connectivity index (χ3v) is 1.42. The Kier molecular flexibility index (Phi) is 2.48. The number of hydrogen-bond donors (Lipinski definition) is 2. The third kappa shape index (κ3) is 1.71. The first-order valence-electron chi connectivity index (χ1n) is 3.19. The molecule has 0 fully saturated rings. The van der Waals surface area contributed by atoms with Crippen molar-refractivity contribution in [2.45, 2.75) is 11.9 Å². The highest BCUT2D eigenvalue weighted by Gasteiger charge is 1.98. The van der Waals surface area contributed by atoms with Crippen LogP contribution in [0.15, 0.2) is 17.3 Å². The monoisotopic (exact) mass is 167 g/mol. The van der Waals surface area contributed by atoms with Crippen LogP contribution in [0.5, 0.6) is 0 Å². The van der Waals surface area contributed by atoms with Gasteiger partial charge in [-0.05, 0) is 13.0 Å². The molecule has 1 N–H and O–H groups in total. The lowest BCUT2D eigenvalue weighted by Crippen LogP contribution is -1.94. The zero-order chi connectivity index (χ0) is 8.27. The van der Waals surface area contributed by atoms with Crippen molar-refractivity contribution >= 4 is 25.0 Å². The van der Waals surface area contributed by atoms with Gasteiger partial charge in [-0.1, -0.05) is 6.08 Å². The summed E-state index contributed by atoms with van der Waals surface area (Å²) in [5, 5.41) is 7.63. The average Bonchev–Trinajstić information content (AvgIpc) is 2.32. The van der Waals surface area contributed by atoms with Crippen LogP contribution in [0.2, 0.25) is 0 Å². The minimum absolute atomic E-state index is 0.626. The van der Waals surface area contributed by atoms with Gasteiger partial charge in [-0.2, -0.15) is 0 Å². The van der Waals surface area contributed by atoms with Gasteiger partial charge in [-0.25, -0.2) is 4.98 Å². The van der Waals surface area contributed by atoms with Crippen LogP contribution in [0.4, 0.5) is 0 Å². The fourth-order valence-corrected chi connectivity index (χ4v) is 0.997. The molecule has 1 aromatic heterocycles. The molecule has 1 aromatic rings. The van der Waals surface area contributed by atoms with Crippen molar-refractivity contribution in [3.05, 3.63) is 18.1 Å². The Morgan fingerprint density at radius 2 is 2.45 bits per heavy atom. The van der Waals surface area contributed by atoms with Gasteiger partial charge in [0, 0.05) is 6.20 Å². The van der Waals surface area contributed by atoms with E-state index in [1.807, 2.05) is 19.1 Å². The van der Waals surface area contributed by atoms with Gasteiger partial charge in [0.15, 0.2) is 0 Å². The molecule has 0 saturated heterocycles. The van der Waals surface area contributed by atoms with Gasteiger partial charge in [0.1, 0.15) is 10.9 Å². The molecule has 11 heavy (non-hydrogen) atoms. The molecule has 58 valence electrons. The first kappa shape index (κ1) is 8.07. The summed E-state index contributed by atoms with van der Waals surface area (Å²) >= 11 is 4.05. The van der Waals surface area contributed by atoms with Crippen LogP contribution in [0.1, 0.15) is 12.7 Å². The third-order valence-electron chi connectivity index (χ3n) is 1.20. The van der Waals surface area contributed by atoms with E-state index in [0.717, 1.165) is 5.82 Å². The first-order chi connectivity index (χ1) is 5.27.